The first-order chi connectivity index (χ1) is 9.24. The van der Waals surface area contributed by atoms with E-state index in [4.69, 9.17) is 5.11 Å². The van der Waals surface area contributed by atoms with E-state index in [0.717, 1.165) is 31.8 Å². The lowest BCUT2D eigenvalue weighted by molar-refractivity contribution is -0.142. The normalized spacial score (nSPS) is 21.5. The van der Waals surface area contributed by atoms with E-state index in [1.165, 1.54) is 51.4 Å². The molecular formula is C16H31NO2. The van der Waals surface area contributed by atoms with Crippen LogP contribution in [0.5, 0.6) is 0 Å². The minimum atomic E-state index is -0.642. The second-order valence-corrected chi connectivity index (χ2v) is 6.01. The molecule has 0 atom stereocenters. The van der Waals surface area contributed by atoms with Gasteiger partial charge in [-0.15, -0.1) is 0 Å². The fourth-order valence-electron chi connectivity index (χ4n) is 3.04. The fraction of sp³-hybridized carbons (Fsp3) is 0.938. The molecule has 0 spiro atoms. The predicted molar refractivity (Wildman–Crippen MR) is 79.3 cm³/mol. The molecule has 112 valence electrons. The summed E-state index contributed by atoms with van der Waals surface area (Å²) in [5.74, 6) is 0.372. The topological polar surface area (TPSA) is 49.3 Å². The zero-order chi connectivity index (χ0) is 13.9. The third-order valence-electron chi connectivity index (χ3n) is 4.38. The molecule has 0 aromatic heterocycles. The van der Waals surface area contributed by atoms with Crippen molar-refractivity contribution in [1.82, 2.24) is 5.32 Å². The van der Waals surface area contributed by atoms with Crippen molar-refractivity contribution in [3.05, 3.63) is 0 Å². The van der Waals surface area contributed by atoms with Gasteiger partial charge in [-0.1, -0.05) is 58.3 Å². The van der Waals surface area contributed by atoms with Gasteiger partial charge in [0.1, 0.15) is 0 Å². The molecule has 3 nitrogen and oxygen atoms in total. The average molecular weight is 269 g/mol. The molecule has 0 aromatic carbocycles. The van der Waals surface area contributed by atoms with Gasteiger partial charge < -0.3 is 10.4 Å². The van der Waals surface area contributed by atoms with E-state index in [1.54, 1.807) is 0 Å². The third kappa shape index (κ3) is 7.56. The summed E-state index contributed by atoms with van der Waals surface area (Å²) in [7, 11) is 0. The summed E-state index contributed by atoms with van der Waals surface area (Å²) in [5.41, 5.74) is 0. The van der Waals surface area contributed by atoms with Gasteiger partial charge in [0.15, 0.2) is 0 Å². The van der Waals surface area contributed by atoms with Gasteiger partial charge in [-0.25, -0.2) is 0 Å². The summed E-state index contributed by atoms with van der Waals surface area (Å²) in [6.07, 6.45) is 13.5. The van der Waals surface area contributed by atoms with Crippen molar-refractivity contribution in [2.45, 2.75) is 71.1 Å². The summed E-state index contributed by atoms with van der Waals surface area (Å²) in [4.78, 5) is 10.3. The Morgan fingerprint density at radius 1 is 1.11 bits per heavy atom. The first-order valence-corrected chi connectivity index (χ1v) is 8.17. The van der Waals surface area contributed by atoms with Crippen LogP contribution in [-0.2, 0) is 4.79 Å². The lowest BCUT2D eigenvalue weighted by atomic mass is 9.86. The van der Waals surface area contributed by atoms with Crippen LogP contribution in [-0.4, -0.2) is 24.2 Å². The molecule has 19 heavy (non-hydrogen) atoms. The standard InChI is InChI=1S/C10H20.C6H11NO2/c1-2-3-7-10-8-5-4-6-9-10;8-6(9)5-1-3-7-4-2-5/h10H,2-9H2,1H3;5,7H,1-4H2,(H,8,9). The minimum Gasteiger partial charge on any atom is -0.481 e. The number of aliphatic carboxylic acids is 1. The van der Waals surface area contributed by atoms with Crippen LogP contribution in [0.1, 0.15) is 71.1 Å². The lowest BCUT2D eigenvalue weighted by Gasteiger charge is -2.20. The Bertz CT molecular complexity index is 231. The molecule has 3 heteroatoms. The summed E-state index contributed by atoms with van der Waals surface area (Å²) in [6.45, 7) is 4.01. The molecule has 2 rings (SSSR count). The van der Waals surface area contributed by atoms with Crippen molar-refractivity contribution >= 4 is 5.97 Å². The molecule has 1 saturated heterocycles. The number of hydrogen-bond acceptors (Lipinski definition) is 2. The van der Waals surface area contributed by atoms with Crippen molar-refractivity contribution in [1.29, 1.82) is 0 Å². The highest BCUT2D eigenvalue weighted by molar-refractivity contribution is 5.70. The van der Waals surface area contributed by atoms with Gasteiger partial charge in [0.2, 0.25) is 0 Å². The van der Waals surface area contributed by atoms with E-state index < -0.39 is 5.97 Å². The predicted octanol–water partition coefficient (Wildman–Crippen LogP) is 3.83. The van der Waals surface area contributed by atoms with Crippen molar-refractivity contribution in [3.63, 3.8) is 0 Å². The number of hydrogen-bond donors (Lipinski definition) is 2. The van der Waals surface area contributed by atoms with E-state index in [2.05, 4.69) is 12.2 Å². The average Bonchev–Trinajstić information content (AvgIpc) is 2.48. The molecule has 2 aliphatic rings. The van der Waals surface area contributed by atoms with E-state index in [1.807, 2.05) is 0 Å². The van der Waals surface area contributed by atoms with Crippen molar-refractivity contribution in [3.8, 4) is 0 Å². The van der Waals surface area contributed by atoms with Crippen LogP contribution in [0, 0.1) is 11.8 Å². The van der Waals surface area contributed by atoms with Crippen LogP contribution in [0.4, 0.5) is 0 Å². The highest BCUT2D eigenvalue weighted by Gasteiger charge is 2.19. The zero-order valence-electron chi connectivity index (χ0n) is 12.5. The second kappa shape index (κ2) is 10.2. The maximum absolute atomic E-state index is 10.3. The van der Waals surface area contributed by atoms with Gasteiger partial charge in [-0.2, -0.15) is 0 Å². The molecule has 2 fully saturated rings. The van der Waals surface area contributed by atoms with Crippen LogP contribution in [0.2, 0.25) is 0 Å². The Balaban J connectivity index is 0.000000191. The Morgan fingerprint density at radius 3 is 2.21 bits per heavy atom. The van der Waals surface area contributed by atoms with Crippen molar-refractivity contribution in [2.24, 2.45) is 11.8 Å². The molecule has 0 amide bonds. The Kier molecular flexibility index (Phi) is 8.89. The SMILES string of the molecule is CCCCC1CCCCC1.O=C(O)C1CCNCC1. The lowest BCUT2D eigenvalue weighted by Crippen LogP contribution is -2.31. The quantitative estimate of drug-likeness (QED) is 0.815. The second-order valence-electron chi connectivity index (χ2n) is 6.01. The van der Waals surface area contributed by atoms with Crippen molar-refractivity contribution < 1.29 is 9.90 Å². The summed E-state index contributed by atoms with van der Waals surface area (Å²) < 4.78 is 0. The summed E-state index contributed by atoms with van der Waals surface area (Å²) in [6, 6.07) is 0. The molecular weight excluding hydrogens is 238 g/mol. The third-order valence-corrected chi connectivity index (χ3v) is 4.38. The largest absolute Gasteiger partial charge is 0.481 e. The number of carboxylic acid groups (broad SMARTS) is 1. The van der Waals surface area contributed by atoms with E-state index in [9.17, 15) is 4.79 Å². The number of nitrogens with one attached hydrogen (secondary N) is 1. The maximum atomic E-state index is 10.3. The smallest absolute Gasteiger partial charge is 0.306 e. The molecule has 1 saturated carbocycles. The Labute approximate surface area is 118 Å². The monoisotopic (exact) mass is 269 g/mol. The first-order valence-electron chi connectivity index (χ1n) is 8.17. The van der Waals surface area contributed by atoms with Gasteiger partial charge in [0.25, 0.3) is 0 Å². The number of piperidine rings is 1. The number of carboxylic acids is 1. The number of unbranched alkanes of at least 4 members (excludes halogenated alkanes) is 1. The molecule has 0 bridgehead atoms. The van der Waals surface area contributed by atoms with E-state index in [-0.39, 0.29) is 5.92 Å². The maximum Gasteiger partial charge on any atom is 0.306 e. The summed E-state index contributed by atoms with van der Waals surface area (Å²) in [5, 5.41) is 11.6. The molecule has 1 heterocycles. The molecule has 1 aliphatic heterocycles. The van der Waals surface area contributed by atoms with Gasteiger partial charge in [0.05, 0.1) is 5.92 Å². The van der Waals surface area contributed by atoms with Crippen LogP contribution < -0.4 is 5.32 Å². The molecule has 1 aliphatic carbocycles. The van der Waals surface area contributed by atoms with Gasteiger partial charge in [0, 0.05) is 0 Å². The van der Waals surface area contributed by atoms with Crippen LogP contribution in [0.3, 0.4) is 0 Å². The molecule has 2 N–H and O–H groups in total. The van der Waals surface area contributed by atoms with E-state index in [0.29, 0.717) is 0 Å². The van der Waals surface area contributed by atoms with Crippen LogP contribution >= 0.6 is 0 Å². The van der Waals surface area contributed by atoms with Gasteiger partial charge >= 0.3 is 5.97 Å². The Hall–Kier alpha value is -0.570. The van der Waals surface area contributed by atoms with E-state index >= 15 is 0 Å². The highest BCUT2D eigenvalue weighted by Crippen LogP contribution is 2.27. The summed E-state index contributed by atoms with van der Waals surface area (Å²) >= 11 is 0. The molecule has 0 radical (unpaired) electrons. The van der Waals surface area contributed by atoms with Crippen LogP contribution in [0.15, 0.2) is 0 Å². The van der Waals surface area contributed by atoms with Gasteiger partial charge in [-0.05, 0) is 31.8 Å². The van der Waals surface area contributed by atoms with Crippen LogP contribution in [0.25, 0.3) is 0 Å². The number of rotatable bonds is 4. The minimum absolute atomic E-state index is 0.0914. The molecule has 0 unspecified atom stereocenters. The van der Waals surface area contributed by atoms with Gasteiger partial charge in [-0.3, -0.25) is 4.79 Å². The van der Waals surface area contributed by atoms with Crippen molar-refractivity contribution in [2.75, 3.05) is 13.1 Å². The fourth-order valence-corrected chi connectivity index (χ4v) is 3.04. The zero-order valence-corrected chi connectivity index (χ0v) is 12.5. The first kappa shape index (κ1) is 16.5. The molecule has 0 aromatic rings. The number of carbonyl (C=O) groups is 1. The highest BCUT2D eigenvalue weighted by atomic mass is 16.4. The Morgan fingerprint density at radius 2 is 1.74 bits per heavy atom.